The van der Waals surface area contributed by atoms with Crippen molar-refractivity contribution in [1.82, 2.24) is 18.7 Å². The highest BCUT2D eigenvalue weighted by molar-refractivity contribution is 6.30. The van der Waals surface area contributed by atoms with E-state index in [1.165, 1.54) is 41.2 Å². The van der Waals surface area contributed by atoms with Gasteiger partial charge in [-0.2, -0.15) is 4.98 Å². The van der Waals surface area contributed by atoms with Gasteiger partial charge >= 0.3 is 5.69 Å². The molecule has 4 rings (SSSR count). The molecule has 1 aliphatic rings. The standard InChI is InChI=1S/C24H31ClN4O3/c1-3-14-28-22(30)20-21(27(2)24(28)31)26-23(32-15-13-17-7-5-4-6-8-17)29(20)16-18-9-11-19(25)12-10-18/h9-12,17H,3-8,13-16H2,1-2H3. The average Bonchev–Trinajstić information content (AvgIpc) is 3.16. The number of hydrogen-bond donors (Lipinski definition) is 0. The fourth-order valence-electron chi connectivity index (χ4n) is 4.59. The van der Waals surface area contributed by atoms with Crippen LogP contribution in [-0.4, -0.2) is 25.3 Å². The molecule has 3 aromatic rings. The van der Waals surface area contributed by atoms with E-state index in [9.17, 15) is 9.59 Å². The van der Waals surface area contributed by atoms with Crippen molar-refractivity contribution >= 4 is 22.8 Å². The highest BCUT2D eigenvalue weighted by Gasteiger charge is 2.22. The molecule has 0 bridgehead atoms. The number of fused-ring (bicyclic) bond motifs is 1. The van der Waals surface area contributed by atoms with Gasteiger partial charge in [0.2, 0.25) is 0 Å². The number of imidazole rings is 1. The van der Waals surface area contributed by atoms with Gasteiger partial charge in [0.25, 0.3) is 11.6 Å². The van der Waals surface area contributed by atoms with Crippen LogP contribution in [0.2, 0.25) is 5.02 Å². The van der Waals surface area contributed by atoms with E-state index < -0.39 is 0 Å². The fourth-order valence-corrected chi connectivity index (χ4v) is 4.72. The van der Waals surface area contributed by atoms with Crippen LogP contribution >= 0.6 is 11.6 Å². The van der Waals surface area contributed by atoms with Crippen LogP contribution in [0.3, 0.4) is 0 Å². The first-order valence-electron chi connectivity index (χ1n) is 11.6. The van der Waals surface area contributed by atoms with Gasteiger partial charge in [-0.25, -0.2) is 4.79 Å². The third-order valence-corrected chi connectivity index (χ3v) is 6.63. The summed E-state index contributed by atoms with van der Waals surface area (Å²) in [5.74, 6) is 0.684. The van der Waals surface area contributed by atoms with Crippen molar-refractivity contribution < 1.29 is 4.74 Å². The molecular weight excluding hydrogens is 428 g/mol. The van der Waals surface area contributed by atoms with Crippen molar-refractivity contribution in [2.75, 3.05) is 6.61 Å². The SMILES string of the molecule is CCCn1c(=O)c2c(nc(OCCC3CCCCC3)n2Cc2ccc(Cl)cc2)n(C)c1=O. The Morgan fingerprint density at radius 3 is 2.50 bits per heavy atom. The number of nitrogens with zero attached hydrogens (tertiary/aromatic N) is 4. The minimum absolute atomic E-state index is 0.325. The van der Waals surface area contributed by atoms with Crippen LogP contribution in [0.1, 0.15) is 57.4 Å². The van der Waals surface area contributed by atoms with Gasteiger partial charge in [-0.15, -0.1) is 0 Å². The molecule has 0 saturated heterocycles. The monoisotopic (exact) mass is 458 g/mol. The van der Waals surface area contributed by atoms with Crippen LogP contribution in [0, 0.1) is 5.92 Å². The quantitative estimate of drug-likeness (QED) is 0.503. The van der Waals surface area contributed by atoms with Crippen LogP contribution in [-0.2, 0) is 20.1 Å². The van der Waals surface area contributed by atoms with Gasteiger partial charge in [0.15, 0.2) is 11.2 Å². The lowest BCUT2D eigenvalue weighted by Crippen LogP contribution is -2.39. The van der Waals surface area contributed by atoms with Crippen LogP contribution < -0.4 is 16.0 Å². The molecule has 1 fully saturated rings. The smallest absolute Gasteiger partial charge is 0.332 e. The predicted molar refractivity (Wildman–Crippen MR) is 127 cm³/mol. The first-order valence-corrected chi connectivity index (χ1v) is 11.9. The number of aryl methyl sites for hydroxylation is 1. The molecule has 1 saturated carbocycles. The van der Waals surface area contributed by atoms with Crippen molar-refractivity contribution in [3.05, 3.63) is 55.7 Å². The highest BCUT2D eigenvalue weighted by atomic mass is 35.5. The number of halogens is 1. The Morgan fingerprint density at radius 1 is 1.09 bits per heavy atom. The summed E-state index contributed by atoms with van der Waals surface area (Å²) in [4.78, 5) is 30.7. The number of rotatable bonds is 8. The number of ether oxygens (including phenoxy) is 1. The molecule has 0 atom stereocenters. The summed E-state index contributed by atoms with van der Waals surface area (Å²) in [5.41, 5.74) is 1.04. The largest absolute Gasteiger partial charge is 0.465 e. The molecule has 2 heterocycles. The number of hydrogen-bond acceptors (Lipinski definition) is 4. The molecule has 0 spiro atoms. The third kappa shape index (κ3) is 4.63. The Bertz CT molecular complexity index is 1190. The fraction of sp³-hybridized carbons (Fsp3) is 0.542. The molecule has 32 heavy (non-hydrogen) atoms. The molecule has 0 N–H and O–H groups in total. The summed E-state index contributed by atoms with van der Waals surface area (Å²) in [6, 6.07) is 7.88. The van der Waals surface area contributed by atoms with Gasteiger partial charge in [-0.1, -0.05) is 62.8 Å². The van der Waals surface area contributed by atoms with Gasteiger partial charge < -0.3 is 4.74 Å². The first kappa shape index (κ1) is 22.6. The van der Waals surface area contributed by atoms with Gasteiger partial charge in [0.05, 0.1) is 13.2 Å². The lowest BCUT2D eigenvalue weighted by Gasteiger charge is -2.21. The zero-order valence-electron chi connectivity index (χ0n) is 18.8. The van der Waals surface area contributed by atoms with Crippen molar-refractivity contribution in [1.29, 1.82) is 0 Å². The zero-order chi connectivity index (χ0) is 22.7. The predicted octanol–water partition coefficient (Wildman–Crippen LogP) is 4.36. The summed E-state index contributed by atoms with van der Waals surface area (Å²) in [6.07, 6.45) is 8.07. The Kier molecular flexibility index (Phi) is 7.04. The summed E-state index contributed by atoms with van der Waals surface area (Å²) in [5, 5.41) is 0.654. The molecule has 1 aliphatic carbocycles. The maximum atomic E-state index is 13.3. The van der Waals surface area contributed by atoms with E-state index in [0.717, 1.165) is 12.0 Å². The van der Waals surface area contributed by atoms with Crippen molar-refractivity contribution in [2.24, 2.45) is 13.0 Å². The number of aromatic nitrogens is 4. The minimum Gasteiger partial charge on any atom is -0.465 e. The lowest BCUT2D eigenvalue weighted by atomic mass is 9.87. The van der Waals surface area contributed by atoms with E-state index in [1.807, 2.05) is 31.2 Å². The second-order valence-corrected chi connectivity index (χ2v) is 9.16. The summed E-state index contributed by atoms with van der Waals surface area (Å²) >= 11 is 6.05. The molecule has 2 aromatic heterocycles. The summed E-state index contributed by atoms with van der Waals surface area (Å²) in [7, 11) is 1.65. The van der Waals surface area contributed by atoms with E-state index in [-0.39, 0.29) is 11.2 Å². The maximum Gasteiger partial charge on any atom is 0.332 e. The van der Waals surface area contributed by atoms with Gasteiger partial charge in [0, 0.05) is 18.6 Å². The maximum absolute atomic E-state index is 13.3. The average molecular weight is 459 g/mol. The van der Waals surface area contributed by atoms with Crippen LogP contribution in [0.15, 0.2) is 33.9 Å². The van der Waals surface area contributed by atoms with E-state index in [0.29, 0.717) is 54.2 Å². The Hall–Kier alpha value is -2.54. The lowest BCUT2D eigenvalue weighted by molar-refractivity contribution is 0.228. The topological polar surface area (TPSA) is 71.1 Å². The highest BCUT2D eigenvalue weighted by Crippen LogP contribution is 2.27. The molecule has 7 nitrogen and oxygen atoms in total. The van der Waals surface area contributed by atoms with E-state index >= 15 is 0 Å². The molecule has 1 aromatic carbocycles. The van der Waals surface area contributed by atoms with Crippen LogP contribution in [0.5, 0.6) is 6.01 Å². The summed E-state index contributed by atoms with van der Waals surface area (Å²) < 4.78 is 10.7. The molecule has 0 amide bonds. The van der Waals surface area contributed by atoms with Crippen molar-refractivity contribution in [3.63, 3.8) is 0 Å². The molecule has 0 radical (unpaired) electrons. The summed E-state index contributed by atoms with van der Waals surface area (Å²) in [6.45, 7) is 3.27. The Morgan fingerprint density at radius 2 is 1.81 bits per heavy atom. The van der Waals surface area contributed by atoms with Crippen LogP contribution in [0.25, 0.3) is 11.2 Å². The van der Waals surface area contributed by atoms with Gasteiger partial charge in [-0.05, 0) is 36.5 Å². The van der Waals surface area contributed by atoms with Gasteiger partial charge in [-0.3, -0.25) is 18.5 Å². The molecule has 8 heteroatoms. The van der Waals surface area contributed by atoms with Crippen molar-refractivity contribution in [3.8, 4) is 6.01 Å². The zero-order valence-corrected chi connectivity index (χ0v) is 19.6. The molecule has 172 valence electrons. The third-order valence-electron chi connectivity index (χ3n) is 6.38. The first-order chi connectivity index (χ1) is 15.5. The molecular formula is C24H31ClN4O3. The second kappa shape index (κ2) is 9.94. The van der Waals surface area contributed by atoms with Crippen LogP contribution in [0.4, 0.5) is 0 Å². The van der Waals surface area contributed by atoms with E-state index in [4.69, 9.17) is 16.3 Å². The van der Waals surface area contributed by atoms with E-state index in [1.54, 1.807) is 11.6 Å². The normalized spacial score (nSPS) is 14.8. The molecule has 0 aliphatic heterocycles. The Labute approximate surface area is 192 Å². The Balaban J connectivity index is 1.73. The minimum atomic E-state index is -0.353. The van der Waals surface area contributed by atoms with Crippen molar-refractivity contribution in [2.45, 2.75) is 65.0 Å². The second-order valence-electron chi connectivity index (χ2n) is 8.72. The van der Waals surface area contributed by atoms with E-state index in [2.05, 4.69) is 4.98 Å². The number of benzene rings is 1. The molecule has 0 unspecified atom stereocenters. The van der Waals surface area contributed by atoms with Gasteiger partial charge in [0.1, 0.15) is 0 Å².